The van der Waals surface area contributed by atoms with Crippen molar-refractivity contribution in [3.8, 4) is 0 Å². The molecule has 1 spiro atoms. The van der Waals surface area contributed by atoms with Gasteiger partial charge in [-0.2, -0.15) is 8.42 Å². The number of ether oxygens (including phenoxy) is 7. The summed E-state index contributed by atoms with van der Waals surface area (Å²) in [5.41, 5.74) is -0.307. The highest BCUT2D eigenvalue weighted by Gasteiger charge is 2.70. The lowest BCUT2D eigenvalue weighted by Crippen LogP contribution is -2.65. The summed E-state index contributed by atoms with van der Waals surface area (Å²) < 4.78 is 82.0. The van der Waals surface area contributed by atoms with E-state index < -0.39 is 76.5 Å². The predicted molar refractivity (Wildman–Crippen MR) is 189 cm³/mol. The Morgan fingerprint density at radius 3 is 2.11 bits per heavy atom. The number of carbonyl (C=O) groups is 3. The van der Waals surface area contributed by atoms with Gasteiger partial charge in [-0.05, 0) is 92.8 Å². The molecule has 15 heteroatoms. The van der Waals surface area contributed by atoms with Gasteiger partial charge in [0.05, 0.1) is 24.9 Å². The SMILES string of the molecule is CC(=O)O[C@@H]1C[C@@H]2CC[C@H]3[C@@H]4C[C@@H]5O[C@]6(CC[C@H](C)CO6)[C@@H](C)[C@@H]5[C@@]4(C)CC[C@@H]3[C@@]2(C)[C@H](O[C@H]2O[C@@H](C)[C@@H](OS(=O)(=O)O)[C@@H](OC(C)=O)[C@@H]2OC(C)=O)C1. The first-order valence-electron chi connectivity index (χ1n) is 20.1. The maximum atomic E-state index is 12.5. The van der Waals surface area contributed by atoms with Crippen LogP contribution in [0.1, 0.15) is 113 Å². The summed E-state index contributed by atoms with van der Waals surface area (Å²) in [5.74, 6) is 0.104. The Labute approximate surface area is 319 Å². The number of hydrogen-bond acceptors (Lipinski definition) is 13. The maximum absolute atomic E-state index is 12.5. The topological polar surface area (TPSA) is 179 Å². The molecule has 7 rings (SSSR count). The zero-order chi connectivity index (χ0) is 39.1. The van der Waals surface area contributed by atoms with Crippen molar-refractivity contribution in [2.24, 2.45) is 52.3 Å². The van der Waals surface area contributed by atoms with E-state index in [1.54, 1.807) is 0 Å². The molecular formula is C39H60O14S. The first kappa shape index (κ1) is 40.3. The third-order valence-electron chi connectivity index (χ3n) is 15.1. The minimum absolute atomic E-state index is 0.0946. The number of esters is 3. The average Bonchev–Trinajstić information content (AvgIpc) is 3.51. The zero-order valence-corrected chi connectivity index (χ0v) is 33.7. The summed E-state index contributed by atoms with van der Waals surface area (Å²) in [6.07, 6.45) is 0.430. The van der Waals surface area contributed by atoms with E-state index >= 15 is 0 Å². The molecule has 0 aromatic heterocycles. The molecule has 18 atom stereocenters. The highest BCUT2D eigenvalue weighted by molar-refractivity contribution is 7.80. The quantitative estimate of drug-likeness (QED) is 0.203. The summed E-state index contributed by atoms with van der Waals surface area (Å²) in [6, 6.07) is 0. The first-order valence-corrected chi connectivity index (χ1v) is 21.4. The molecule has 0 amide bonds. The maximum Gasteiger partial charge on any atom is 0.397 e. The smallest absolute Gasteiger partial charge is 0.397 e. The van der Waals surface area contributed by atoms with Crippen LogP contribution in [-0.4, -0.2) is 92.3 Å². The zero-order valence-electron chi connectivity index (χ0n) is 32.9. The van der Waals surface area contributed by atoms with E-state index in [-0.39, 0.29) is 29.3 Å². The fourth-order valence-electron chi connectivity index (χ4n) is 13.0. The molecular weight excluding hydrogens is 724 g/mol. The van der Waals surface area contributed by atoms with Gasteiger partial charge in [0, 0.05) is 44.9 Å². The summed E-state index contributed by atoms with van der Waals surface area (Å²) in [5, 5.41) is 0. The normalized spacial score (nSPS) is 49.9. The minimum Gasteiger partial charge on any atom is -0.462 e. The van der Waals surface area contributed by atoms with Crippen LogP contribution in [0.15, 0.2) is 0 Å². The summed E-state index contributed by atoms with van der Waals surface area (Å²) >= 11 is 0. The molecule has 4 aliphatic carbocycles. The summed E-state index contributed by atoms with van der Waals surface area (Å²) in [6.45, 7) is 15.3. The Hall–Kier alpha value is -1.88. The molecule has 7 fully saturated rings. The van der Waals surface area contributed by atoms with Crippen LogP contribution in [0.4, 0.5) is 0 Å². The van der Waals surface area contributed by atoms with Crippen molar-refractivity contribution in [1.82, 2.24) is 0 Å². The van der Waals surface area contributed by atoms with Crippen LogP contribution in [0.5, 0.6) is 0 Å². The Balaban J connectivity index is 1.19. The summed E-state index contributed by atoms with van der Waals surface area (Å²) in [4.78, 5) is 37.1. The van der Waals surface area contributed by atoms with Crippen LogP contribution in [0.2, 0.25) is 0 Å². The number of carbonyl (C=O) groups excluding carboxylic acids is 3. The molecule has 3 heterocycles. The van der Waals surface area contributed by atoms with Gasteiger partial charge in [0.15, 0.2) is 24.3 Å². The van der Waals surface area contributed by atoms with Gasteiger partial charge >= 0.3 is 28.3 Å². The fourth-order valence-corrected chi connectivity index (χ4v) is 13.5. The Bertz CT molecular complexity index is 1560. The van der Waals surface area contributed by atoms with Crippen molar-refractivity contribution in [2.45, 2.75) is 168 Å². The van der Waals surface area contributed by atoms with E-state index in [2.05, 4.69) is 27.7 Å². The van der Waals surface area contributed by atoms with Gasteiger partial charge in [-0.3, -0.25) is 18.9 Å². The van der Waals surface area contributed by atoms with Gasteiger partial charge in [0.2, 0.25) is 0 Å². The van der Waals surface area contributed by atoms with Gasteiger partial charge in [-0.25, -0.2) is 4.18 Å². The second-order valence-corrected chi connectivity index (χ2v) is 19.3. The molecule has 1 N–H and O–H groups in total. The minimum atomic E-state index is -5.03. The highest BCUT2D eigenvalue weighted by Crippen LogP contribution is 2.71. The monoisotopic (exact) mass is 784 g/mol. The molecule has 4 saturated carbocycles. The van der Waals surface area contributed by atoms with E-state index in [4.69, 9.17) is 37.3 Å². The van der Waals surface area contributed by atoms with Gasteiger partial charge in [0.25, 0.3) is 0 Å². The van der Waals surface area contributed by atoms with Crippen LogP contribution in [-0.2, 0) is 62.1 Å². The molecule has 3 aliphatic heterocycles. The van der Waals surface area contributed by atoms with Gasteiger partial charge in [0.1, 0.15) is 12.2 Å². The number of rotatable bonds is 7. The summed E-state index contributed by atoms with van der Waals surface area (Å²) in [7, 11) is -5.03. The van der Waals surface area contributed by atoms with E-state index in [0.717, 1.165) is 58.5 Å². The van der Waals surface area contributed by atoms with E-state index in [1.165, 1.54) is 20.8 Å². The van der Waals surface area contributed by atoms with Crippen molar-refractivity contribution >= 4 is 28.3 Å². The average molecular weight is 785 g/mol. The Kier molecular flexibility index (Phi) is 10.8. The molecule has 3 saturated heterocycles. The largest absolute Gasteiger partial charge is 0.462 e. The number of hydrogen-bond donors (Lipinski definition) is 1. The van der Waals surface area contributed by atoms with E-state index in [1.807, 2.05) is 0 Å². The van der Waals surface area contributed by atoms with Gasteiger partial charge in [-0.15, -0.1) is 0 Å². The lowest BCUT2D eigenvalue weighted by atomic mass is 9.43. The standard InChI is InChI=1S/C39H60O14S/c1-19-11-14-39(46-18-19)20(2)32-30(52-39)17-29-27-10-9-25-15-26(48-22(4)40)16-31(38(25,8)28(27)12-13-37(29,32)7)51-36-35(50-24(6)42)34(49-23(5)41)33(21(3)47-36)53-54(43,44)45/h19-21,25-36H,9-18H2,1-8H3,(H,43,44,45)/t19-,20-,21-,25-,26+,27+,28-,29-,30-,31+,32-,33+,34+,35-,36+,37-,38-,39+/m0/s1. The lowest BCUT2D eigenvalue weighted by molar-refractivity contribution is -0.328. The molecule has 0 aromatic rings. The van der Waals surface area contributed by atoms with Crippen molar-refractivity contribution < 1.29 is 64.7 Å². The molecule has 0 unspecified atom stereocenters. The molecule has 54 heavy (non-hydrogen) atoms. The van der Waals surface area contributed by atoms with Crippen molar-refractivity contribution in [1.29, 1.82) is 0 Å². The highest BCUT2D eigenvalue weighted by atomic mass is 32.3. The third-order valence-corrected chi connectivity index (χ3v) is 15.6. The molecule has 7 aliphatic rings. The van der Waals surface area contributed by atoms with E-state index in [0.29, 0.717) is 42.4 Å². The Morgan fingerprint density at radius 1 is 0.796 bits per heavy atom. The van der Waals surface area contributed by atoms with Crippen molar-refractivity contribution in [3.05, 3.63) is 0 Å². The van der Waals surface area contributed by atoms with Crippen molar-refractivity contribution in [3.63, 3.8) is 0 Å². The molecule has 0 bridgehead atoms. The molecule has 14 nitrogen and oxygen atoms in total. The van der Waals surface area contributed by atoms with Gasteiger partial charge in [-0.1, -0.05) is 27.7 Å². The fraction of sp³-hybridized carbons (Fsp3) is 0.923. The molecule has 0 aromatic carbocycles. The second kappa shape index (κ2) is 14.5. The third kappa shape index (κ3) is 7.03. The number of fused-ring (bicyclic) bond motifs is 7. The molecule has 306 valence electrons. The van der Waals surface area contributed by atoms with Crippen LogP contribution >= 0.6 is 0 Å². The van der Waals surface area contributed by atoms with Crippen LogP contribution in [0, 0.1) is 52.3 Å². The van der Waals surface area contributed by atoms with Gasteiger partial charge < -0.3 is 33.2 Å². The molecule has 0 radical (unpaired) electrons. The van der Waals surface area contributed by atoms with Crippen LogP contribution in [0.3, 0.4) is 0 Å². The van der Waals surface area contributed by atoms with Crippen LogP contribution < -0.4 is 0 Å². The van der Waals surface area contributed by atoms with E-state index in [9.17, 15) is 27.4 Å². The van der Waals surface area contributed by atoms with Crippen molar-refractivity contribution in [2.75, 3.05) is 6.61 Å². The second-order valence-electron chi connectivity index (χ2n) is 18.2. The van der Waals surface area contributed by atoms with Crippen LogP contribution in [0.25, 0.3) is 0 Å². The predicted octanol–water partition coefficient (Wildman–Crippen LogP) is 5.16. The first-order chi connectivity index (χ1) is 25.3. The lowest BCUT2D eigenvalue weighted by Gasteiger charge is -2.63. The Morgan fingerprint density at radius 2 is 1.48 bits per heavy atom.